The Kier molecular flexibility index (Phi) is 13.0. The summed E-state index contributed by atoms with van der Waals surface area (Å²) < 4.78 is 25.8. The SMILES string of the molecule is COc1ccccc1OCCNCC(O)COc1cccc2[nH]c3ccccc3c12.O.O.O=P(O)(O)O. The van der Waals surface area contributed by atoms with Crippen molar-refractivity contribution in [3.8, 4) is 17.2 Å². The first kappa shape index (κ1) is 31.8. The van der Waals surface area contributed by atoms with Crippen molar-refractivity contribution in [2.45, 2.75) is 6.10 Å². The number of aliphatic hydroxyl groups is 1. The van der Waals surface area contributed by atoms with Gasteiger partial charge in [0.15, 0.2) is 11.5 Å². The Morgan fingerprint density at radius 3 is 2.16 bits per heavy atom. The number of benzene rings is 3. The van der Waals surface area contributed by atoms with Gasteiger partial charge >= 0.3 is 7.82 Å². The van der Waals surface area contributed by atoms with E-state index in [4.69, 9.17) is 33.5 Å². The van der Waals surface area contributed by atoms with E-state index in [1.165, 1.54) is 0 Å². The predicted molar refractivity (Wildman–Crippen MR) is 140 cm³/mol. The Morgan fingerprint density at radius 1 is 0.865 bits per heavy atom. The lowest BCUT2D eigenvalue weighted by Gasteiger charge is -2.15. The van der Waals surface area contributed by atoms with Crippen molar-refractivity contribution in [1.29, 1.82) is 0 Å². The summed E-state index contributed by atoms with van der Waals surface area (Å²) in [4.78, 5) is 25.0. The number of aromatic nitrogens is 1. The molecule has 10 N–H and O–H groups in total. The second-order valence-corrected chi connectivity index (χ2v) is 8.56. The third kappa shape index (κ3) is 10.00. The van der Waals surface area contributed by atoms with Crippen LogP contribution in [-0.4, -0.2) is 75.2 Å². The summed E-state index contributed by atoms with van der Waals surface area (Å²) in [5.41, 5.74) is 2.09. The molecule has 204 valence electrons. The van der Waals surface area contributed by atoms with E-state index < -0.39 is 13.9 Å². The Bertz CT molecular complexity index is 1270. The number of H-pyrrole nitrogens is 1. The van der Waals surface area contributed by atoms with Gasteiger partial charge in [-0.1, -0.05) is 36.4 Å². The minimum absolute atomic E-state index is 0. The number of rotatable bonds is 10. The van der Waals surface area contributed by atoms with Crippen LogP contribution in [0.5, 0.6) is 17.2 Å². The zero-order valence-electron chi connectivity index (χ0n) is 20.1. The highest BCUT2D eigenvalue weighted by atomic mass is 31.2. The zero-order chi connectivity index (χ0) is 25.3. The molecular weight excluding hydrogens is 507 g/mol. The maximum atomic E-state index is 10.3. The van der Waals surface area contributed by atoms with Gasteiger partial charge in [-0.25, -0.2) is 4.57 Å². The van der Waals surface area contributed by atoms with E-state index in [0.29, 0.717) is 31.2 Å². The monoisotopic (exact) mass is 540 g/mol. The molecule has 1 heterocycles. The van der Waals surface area contributed by atoms with E-state index in [1.807, 2.05) is 60.7 Å². The maximum Gasteiger partial charge on any atom is 0.466 e. The van der Waals surface area contributed by atoms with Gasteiger partial charge in [0.2, 0.25) is 0 Å². The number of ether oxygens (including phenoxy) is 3. The molecule has 0 saturated heterocycles. The van der Waals surface area contributed by atoms with Gasteiger partial charge < -0.3 is 55.3 Å². The minimum Gasteiger partial charge on any atom is -0.493 e. The summed E-state index contributed by atoms with van der Waals surface area (Å²) in [5, 5.41) is 15.6. The summed E-state index contributed by atoms with van der Waals surface area (Å²) in [7, 11) is -3.02. The summed E-state index contributed by atoms with van der Waals surface area (Å²) in [6.07, 6.45) is -0.628. The fraction of sp³-hybridized carbons (Fsp3) is 0.250. The van der Waals surface area contributed by atoms with Crippen LogP contribution >= 0.6 is 7.82 Å². The van der Waals surface area contributed by atoms with Crippen LogP contribution in [0.25, 0.3) is 21.8 Å². The number of hydrogen-bond acceptors (Lipinski definition) is 6. The van der Waals surface area contributed by atoms with E-state index in [2.05, 4.69) is 16.4 Å². The standard InChI is InChI=1S/C24H26N2O4.H3O4P.2H2O/c1-28-21-10-4-5-11-22(21)29-14-13-25-15-17(27)16-30-23-12-6-9-20-24(23)18-7-2-3-8-19(18)26-20;1-5(2,3)4;;/h2-12,17,25-27H,13-16H2,1H3;(H3,1,2,3,4);2*1H2. The predicted octanol–water partition coefficient (Wildman–Crippen LogP) is 1.16. The molecule has 37 heavy (non-hydrogen) atoms. The number of para-hydroxylation sites is 3. The Morgan fingerprint density at radius 2 is 1.46 bits per heavy atom. The van der Waals surface area contributed by atoms with Crippen LogP contribution in [0.15, 0.2) is 66.7 Å². The number of fused-ring (bicyclic) bond motifs is 3. The van der Waals surface area contributed by atoms with Crippen molar-refractivity contribution in [2.75, 3.05) is 33.4 Å². The molecule has 4 aromatic rings. The van der Waals surface area contributed by atoms with E-state index in [1.54, 1.807) is 7.11 Å². The lowest BCUT2D eigenvalue weighted by molar-refractivity contribution is 0.106. The number of aliphatic hydroxyl groups excluding tert-OH is 1. The third-order valence-electron chi connectivity index (χ3n) is 4.91. The van der Waals surface area contributed by atoms with Gasteiger partial charge in [0.25, 0.3) is 0 Å². The molecule has 0 aliphatic rings. The molecule has 0 bridgehead atoms. The van der Waals surface area contributed by atoms with Gasteiger partial charge in [0, 0.05) is 29.4 Å². The van der Waals surface area contributed by atoms with Crippen LogP contribution in [0.1, 0.15) is 0 Å². The third-order valence-corrected chi connectivity index (χ3v) is 4.91. The molecule has 12 nitrogen and oxygen atoms in total. The topological polar surface area (TPSA) is 216 Å². The van der Waals surface area contributed by atoms with E-state index in [0.717, 1.165) is 27.6 Å². The summed E-state index contributed by atoms with van der Waals surface area (Å²) >= 11 is 0. The normalized spacial score (nSPS) is 11.5. The second-order valence-electron chi connectivity index (χ2n) is 7.53. The fourth-order valence-corrected chi connectivity index (χ4v) is 3.47. The molecule has 13 heteroatoms. The second kappa shape index (κ2) is 15.2. The number of methoxy groups -OCH3 is 1. The quantitative estimate of drug-likeness (QED) is 0.125. The van der Waals surface area contributed by atoms with Crippen LogP contribution in [0.4, 0.5) is 0 Å². The number of aromatic amines is 1. The van der Waals surface area contributed by atoms with E-state index in [9.17, 15) is 5.11 Å². The number of nitrogens with one attached hydrogen (secondary N) is 2. The van der Waals surface area contributed by atoms with Crippen LogP contribution in [0.2, 0.25) is 0 Å². The van der Waals surface area contributed by atoms with Gasteiger partial charge in [-0.2, -0.15) is 0 Å². The molecule has 0 aliphatic carbocycles. The molecule has 0 radical (unpaired) electrons. The Hall–Kier alpha value is -3.19. The van der Waals surface area contributed by atoms with Crippen molar-refractivity contribution in [3.05, 3.63) is 66.7 Å². The molecule has 1 unspecified atom stereocenters. The minimum atomic E-state index is -4.64. The van der Waals surface area contributed by atoms with Crippen molar-refractivity contribution in [1.82, 2.24) is 10.3 Å². The lowest BCUT2D eigenvalue weighted by Crippen LogP contribution is -2.33. The molecule has 1 atom stereocenters. The number of phosphoric acid groups is 1. The molecule has 0 aliphatic heterocycles. The summed E-state index contributed by atoms with van der Waals surface area (Å²) in [6.45, 7) is 1.70. The first-order chi connectivity index (χ1) is 16.8. The first-order valence-corrected chi connectivity index (χ1v) is 12.4. The molecule has 4 rings (SSSR count). The van der Waals surface area contributed by atoms with E-state index in [-0.39, 0.29) is 17.6 Å². The summed E-state index contributed by atoms with van der Waals surface area (Å²) in [6, 6.07) is 21.6. The van der Waals surface area contributed by atoms with Gasteiger partial charge in [-0.15, -0.1) is 0 Å². The van der Waals surface area contributed by atoms with Crippen molar-refractivity contribution >= 4 is 29.6 Å². The molecule has 0 saturated carbocycles. The van der Waals surface area contributed by atoms with Gasteiger partial charge in [-0.05, 0) is 30.3 Å². The average molecular weight is 541 g/mol. The first-order valence-electron chi connectivity index (χ1n) is 10.8. The molecule has 3 aromatic carbocycles. The van der Waals surface area contributed by atoms with Crippen molar-refractivity contribution < 1.29 is 49.5 Å². The highest BCUT2D eigenvalue weighted by Crippen LogP contribution is 2.33. The Balaban J connectivity index is 0.000000895. The van der Waals surface area contributed by atoms with Crippen LogP contribution in [0.3, 0.4) is 0 Å². The lowest BCUT2D eigenvalue weighted by atomic mass is 10.1. The average Bonchev–Trinajstić information content (AvgIpc) is 3.21. The number of hydrogen-bond donors (Lipinski definition) is 6. The van der Waals surface area contributed by atoms with Crippen molar-refractivity contribution in [3.63, 3.8) is 0 Å². The highest BCUT2D eigenvalue weighted by Gasteiger charge is 2.11. The Labute approximate surface area is 213 Å². The highest BCUT2D eigenvalue weighted by molar-refractivity contribution is 7.45. The largest absolute Gasteiger partial charge is 0.493 e. The summed E-state index contributed by atoms with van der Waals surface area (Å²) in [5.74, 6) is 2.18. The van der Waals surface area contributed by atoms with Crippen LogP contribution in [-0.2, 0) is 4.57 Å². The van der Waals surface area contributed by atoms with Gasteiger partial charge in [-0.3, -0.25) is 0 Å². The molecule has 1 aromatic heterocycles. The molecule has 0 fully saturated rings. The maximum absolute atomic E-state index is 10.3. The van der Waals surface area contributed by atoms with E-state index >= 15 is 0 Å². The fourth-order valence-electron chi connectivity index (χ4n) is 3.47. The van der Waals surface area contributed by atoms with Crippen molar-refractivity contribution in [2.24, 2.45) is 0 Å². The smallest absolute Gasteiger partial charge is 0.466 e. The molecule has 0 amide bonds. The van der Waals surface area contributed by atoms with Gasteiger partial charge in [0.05, 0.1) is 12.6 Å². The molecule has 0 spiro atoms. The molecular formula is C24H33N2O10P. The zero-order valence-corrected chi connectivity index (χ0v) is 21.0. The van der Waals surface area contributed by atoms with Crippen LogP contribution in [0, 0.1) is 0 Å². The van der Waals surface area contributed by atoms with Gasteiger partial charge in [0.1, 0.15) is 25.1 Å². The van der Waals surface area contributed by atoms with Crippen LogP contribution < -0.4 is 19.5 Å².